The van der Waals surface area contributed by atoms with Crippen molar-refractivity contribution in [1.29, 1.82) is 0 Å². The lowest BCUT2D eigenvalue weighted by atomic mass is 10.1. The number of hydrogen-bond acceptors (Lipinski definition) is 4. The van der Waals surface area contributed by atoms with Crippen LogP contribution in [0.3, 0.4) is 0 Å². The number of rotatable bonds is 1. The van der Waals surface area contributed by atoms with Crippen LogP contribution in [0.4, 0.5) is 0 Å². The fourth-order valence-electron chi connectivity index (χ4n) is 2.02. The van der Waals surface area contributed by atoms with Gasteiger partial charge in [0.2, 0.25) is 10.9 Å². The smallest absolute Gasteiger partial charge is 0.273 e. The van der Waals surface area contributed by atoms with Gasteiger partial charge in [-0.1, -0.05) is 6.07 Å². The van der Waals surface area contributed by atoms with Crippen LogP contribution in [-0.4, -0.2) is 0 Å². The zero-order valence-corrected chi connectivity index (χ0v) is 10.3. The monoisotopic (exact) mass is 256 g/mol. The van der Waals surface area contributed by atoms with E-state index >= 15 is 0 Å². The number of thiophene rings is 1. The quantitative estimate of drug-likeness (QED) is 0.624. The number of benzene rings is 1. The van der Waals surface area contributed by atoms with E-state index in [9.17, 15) is 14.4 Å². The van der Waals surface area contributed by atoms with E-state index in [4.69, 9.17) is 0 Å². The molecule has 0 aliphatic carbocycles. The Labute approximate surface area is 106 Å². The molecule has 0 fully saturated rings. The van der Waals surface area contributed by atoms with Gasteiger partial charge in [0.15, 0.2) is 0 Å². The van der Waals surface area contributed by atoms with Crippen LogP contribution in [0.25, 0.3) is 21.2 Å². The first kappa shape index (κ1) is 11.0. The molecule has 0 N–H and O–H groups in total. The third-order valence-corrected chi connectivity index (χ3v) is 4.00. The lowest BCUT2D eigenvalue weighted by Gasteiger charge is -1.96. The lowest BCUT2D eigenvalue weighted by Crippen LogP contribution is -2.29. The molecule has 3 rings (SSSR count). The number of fused-ring (bicyclic) bond motifs is 1. The van der Waals surface area contributed by atoms with Crippen LogP contribution in [-0.2, 0) is 0 Å². The van der Waals surface area contributed by atoms with E-state index in [1.165, 1.54) is 4.88 Å². The zero-order valence-electron chi connectivity index (χ0n) is 9.52. The second-order valence-electron chi connectivity index (χ2n) is 4.16. The van der Waals surface area contributed by atoms with Crippen LogP contribution in [0.2, 0.25) is 0 Å². The number of hydrogen-bond donors (Lipinski definition) is 0. The molecule has 4 heteroatoms. The van der Waals surface area contributed by atoms with Gasteiger partial charge in [-0.2, -0.15) is 0 Å². The van der Waals surface area contributed by atoms with Gasteiger partial charge in [-0.25, -0.2) is 0 Å². The fraction of sp³-hybridized carbons (Fsp3) is 0.0714. The number of aryl methyl sites for hydroxylation is 1. The second-order valence-corrected chi connectivity index (χ2v) is 5.45. The molecule has 1 aromatic heterocycles. The van der Waals surface area contributed by atoms with E-state index < -0.39 is 16.3 Å². The topological polar surface area (TPSA) is 51.2 Å². The molecule has 0 spiro atoms. The second kappa shape index (κ2) is 3.71. The van der Waals surface area contributed by atoms with Crippen molar-refractivity contribution in [1.82, 2.24) is 0 Å². The van der Waals surface area contributed by atoms with Crippen molar-refractivity contribution in [3.8, 4) is 10.4 Å². The van der Waals surface area contributed by atoms with Gasteiger partial charge in [0.1, 0.15) is 0 Å². The first-order valence-electron chi connectivity index (χ1n) is 5.42. The minimum Gasteiger partial charge on any atom is -0.285 e. The van der Waals surface area contributed by atoms with Crippen molar-refractivity contribution < 1.29 is 0 Å². The minimum absolute atomic E-state index is 0.224. The highest BCUT2D eigenvalue weighted by Crippen LogP contribution is 2.28. The Morgan fingerprint density at radius 3 is 2.22 bits per heavy atom. The molecule has 1 heterocycles. The highest BCUT2D eigenvalue weighted by atomic mass is 32.1. The van der Waals surface area contributed by atoms with Gasteiger partial charge in [-0.3, -0.25) is 14.4 Å². The Morgan fingerprint density at radius 1 is 0.833 bits per heavy atom. The molecule has 0 aliphatic heterocycles. The molecule has 0 aliphatic rings. The van der Waals surface area contributed by atoms with Crippen molar-refractivity contribution in [3.05, 3.63) is 65.9 Å². The maximum absolute atomic E-state index is 11.6. The molecule has 0 saturated heterocycles. The van der Waals surface area contributed by atoms with Crippen molar-refractivity contribution in [3.63, 3.8) is 0 Å². The minimum atomic E-state index is -0.926. The van der Waals surface area contributed by atoms with Crippen molar-refractivity contribution in [2.75, 3.05) is 0 Å². The summed E-state index contributed by atoms with van der Waals surface area (Å²) in [5.74, 6) is 0. The molecule has 3 nitrogen and oxygen atoms in total. The maximum atomic E-state index is 11.6. The Balaban J connectivity index is 2.36. The summed E-state index contributed by atoms with van der Waals surface area (Å²) in [6.45, 7) is 2.00. The molecule has 0 saturated carbocycles. The molecule has 18 heavy (non-hydrogen) atoms. The van der Waals surface area contributed by atoms with E-state index in [1.54, 1.807) is 29.5 Å². The van der Waals surface area contributed by atoms with Crippen LogP contribution < -0.4 is 16.3 Å². The van der Waals surface area contributed by atoms with Gasteiger partial charge in [0, 0.05) is 20.5 Å². The van der Waals surface area contributed by atoms with Crippen LogP contribution in [0.1, 0.15) is 4.88 Å². The average Bonchev–Trinajstić information content (AvgIpc) is 2.89. The molecular weight excluding hydrogens is 248 g/mol. The molecule has 0 bridgehead atoms. The van der Waals surface area contributed by atoms with Gasteiger partial charge in [0.05, 0.1) is 0 Å². The first-order valence-corrected chi connectivity index (χ1v) is 6.24. The molecule has 3 aromatic rings. The van der Waals surface area contributed by atoms with Gasteiger partial charge in [-0.05, 0) is 36.8 Å². The first-order chi connectivity index (χ1) is 8.58. The van der Waals surface area contributed by atoms with Crippen molar-refractivity contribution >= 4 is 22.1 Å². The van der Waals surface area contributed by atoms with Crippen molar-refractivity contribution in [2.45, 2.75) is 6.92 Å². The third-order valence-electron chi connectivity index (χ3n) is 2.95. The Bertz CT molecular complexity index is 895. The summed E-state index contributed by atoms with van der Waals surface area (Å²) in [7, 11) is 0. The maximum Gasteiger partial charge on any atom is 0.273 e. The zero-order chi connectivity index (χ0) is 12.9. The van der Waals surface area contributed by atoms with Gasteiger partial charge < -0.3 is 0 Å². The summed E-state index contributed by atoms with van der Waals surface area (Å²) in [6, 6.07) is 8.92. The molecule has 88 valence electrons. The predicted molar refractivity (Wildman–Crippen MR) is 73.2 cm³/mol. The van der Waals surface area contributed by atoms with Gasteiger partial charge in [0.25, 0.3) is 5.43 Å². The molecule has 0 unspecified atom stereocenters. The summed E-state index contributed by atoms with van der Waals surface area (Å²) < 4.78 is 0. The summed E-state index contributed by atoms with van der Waals surface area (Å²) >= 11 is 1.61. The predicted octanol–water partition coefficient (Wildman–Crippen LogP) is 1.83. The molecule has 0 atom stereocenters. The summed E-state index contributed by atoms with van der Waals surface area (Å²) in [5.41, 5.74) is -1.44. The lowest BCUT2D eigenvalue weighted by molar-refractivity contribution is 1.56. The van der Waals surface area contributed by atoms with Crippen LogP contribution in [0, 0.1) is 6.92 Å². The van der Waals surface area contributed by atoms with Crippen LogP contribution in [0.15, 0.2) is 44.7 Å². The Morgan fingerprint density at radius 2 is 1.56 bits per heavy atom. The van der Waals surface area contributed by atoms with E-state index in [1.807, 2.05) is 19.1 Å². The van der Waals surface area contributed by atoms with Crippen molar-refractivity contribution in [2.24, 2.45) is 0 Å². The Kier molecular flexibility index (Phi) is 2.28. The third kappa shape index (κ3) is 1.46. The van der Waals surface area contributed by atoms with E-state index in [0.29, 0.717) is 0 Å². The van der Waals surface area contributed by atoms with E-state index in [-0.39, 0.29) is 10.8 Å². The molecule has 0 amide bonds. The normalized spacial score (nSPS) is 11.2. The van der Waals surface area contributed by atoms with Crippen LogP contribution in [0.5, 0.6) is 0 Å². The van der Waals surface area contributed by atoms with Crippen LogP contribution >= 0.6 is 11.3 Å². The largest absolute Gasteiger partial charge is 0.285 e. The van der Waals surface area contributed by atoms with Gasteiger partial charge in [-0.15, -0.1) is 11.3 Å². The van der Waals surface area contributed by atoms with Gasteiger partial charge >= 0.3 is 0 Å². The van der Waals surface area contributed by atoms with E-state index in [2.05, 4.69) is 0 Å². The highest BCUT2D eigenvalue weighted by molar-refractivity contribution is 7.15. The summed E-state index contributed by atoms with van der Waals surface area (Å²) in [6.07, 6.45) is 0. The molecule has 0 radical (unpaired) electrons. The summed E-state index contributed by atoms with van der Waals surface area (Å²) in [4.78, 5) is 36.6. The Hall–Kier alpha value is -2.07. The molecular formula is C14H8O3S. The average molecular weight is 256 g/mol. The molecule has 2 aromatic carbocycles. The fourth-order valence-corrected chi connectivity index (χ4v) is 2.88. The summed E-state index contributed by atoms with van der Waals surface area (Å²) in [5, 5.41) is 0.454. The SMILES string of the molecule is Cc1ccc(-c2ccc3c(=O)c(=O)c(=O)c3c2)s1. The highest BCUT2D eigenvalue weighted by Gasteiger charge is 2.13. The van der Waals surface area contributed by atoms with E-state index in [0.717, 1.165) is 10.4 Å². The standard InChI is InChI=1S/C14H8O3S/c1-7-2-5-11(18-7)8-3-4-9-10(6-8)13(16)14(17)12(9)15/h2-6H,1H3.